The number of halogens is 3. The van der Waals surface area contributed by atoms with Gasteiger partial charge < -0.3 is 15.2 Å². The topological polar surface area (TPSA) is 142 Å². The van der Waals surface area contributed by atoms with Crippen LogP contribution in [0, 0.1) is 11.3 Å². The number of hydrogen-bond donors (Lipinski definition) is 3. The summed E-state index contributed by atoms with van der Waals surface area (Å²) in [6.45, 7) is 2.39. The first-order valence-electron chi connectivity index (χ1n) is 15.2. The first kappa shape index (κ1) is 30.9. The maximum atomic E-state index is 14.0. The van der Waals surface area contributed by atoms with Crippen molar-refractivity contribution in [2.75, 3.05) is 32.7 Å². The second-order valence-corrected chi connectivity index (χ2v) is 12.3. The summed E-state index contributed by atoms with van der Waals surface area (Å²) < 4.78 is 44.0. The molecule has 45 heavy (non-hydrogen) atoms. The highest BCUT2D eigenvalue weighted by Gasteiger charge is 2.48. The summed E-state index contributed by atoms with van der Waals surface area (Å²) in [5, 5.41) is 34.2. The van der Waals surface area contributed by atoms with Crippen LogP contribution in [0.2, 0.25) is 0 Å². The number of rotatable bonds is 9. The highest BCUT2D eigenvalue weighted by Crippen LogP contribution is 2.39. The van der Waals surface area contributed by atoms with E-state index in [1.165, 1.54) is 12.4 Å². The Labute approximate surface area is 258 Å². The smallest absolute Gasteiger partial charge is 0.432 e. The molecule has 3 aromatic rings. The molecule has 0 radical (unpaired) electrons. The largest absolute Gasteiger partial charge is 0.516 e. The van der Waals surface area contributed by atoms with Crippen LogP contribution in [0.1, 0.15) is 38.5 Å². The average molecular weight is 624 g/mol. The van der Waals surface area contributed by atoms with Gasteiger partial charge in [-0.1, -0.05) is 0 Å². The van der Waals surface area contributed by atoms with Gasteiger partial charge in [0.25, 0.3) is 0 Å². The Morgan fingerprint density at radius 1 is 1.20 bits per heavy atom. The molecular formula is C31H36F3N9O2. The lowest BCUT2D eigenvalue weighted by molar-refractivity contribution is -0.0585. The Morgan fingerprint density at radius 3 is 2.69 bits per heavy atom. The normalized spacial score (nSPS) is 25.2. The Balaban J connectivity index is 1.10. The summed E-state index contributed by atoms with van der Waals surface area (Å²) in [7, 11) is 0. The molecule has 11 nitrogen and oxygen atoms in total. The van der Waals surface area contributed by atoms with E-state index in [1.54, 1.807) is 6.20 Å². The van der Waals surface area contributed by atoms with Crippen LogP contribution in [0.3, 0.4) is 0 Å². The van der Waals surface area contributed by atoms with Crippen molar-refractivity contribution in [3.63, 3.8) is 0 Å². The average Bonchev–Trinajstić information content (AvgIpc) is 3.76. The molecule has 0 bridgehead atoms. The number of nitrogens with zero attached hydrogens (tertiary/aromatic N) is 8. The number of aliphatic hydroxyl groups is 2. The fourth-order valence-electron chi connectivity index (χ4n) is 6.83. The third-order valence-electron chi connectivity index (χ3n) is 9.16. The summed E-state index contributed by atoms with van der Waals surface area (Å²) in [5.41, 5.74) is 1.18. The van der Waals surface area contributed by atoms with E-state index >= 15 is 0 Å². The Bertz CT molecular complexity index is 1620. The van der Waals surface area contributed by atoms with Crippen molar-refractivity contribution in [1.29, 1.82) is 5.26 Å². The van der Waals surface area contributed by atoms with E-state index in [-0.39, 0.29) is 24.6 Å². The molecule has 1 atom stereocenters. The zero-order valence-electron chi connectivity index (χ0n) is 24.7. The lowest BCUT2D eigenvalue weighted by Crippen LogP contribution is -2.65. The van der Waals surface area contributed by atoms with E-state index in [9.17, 15) is 28.6 Å². The zero-order chi connectivity index (χ0) is 31.6. The lowest BCUT2D eigenvalue weighted by Gasteiger charge is -2.53. The minimum Gasteiger partial charge on any atom is -0.516 e. The van der Waals surface area contributed by atoms with Crippen LogP contribution < -0.4 is 0 Å². The van der Waals surface area contributed by atoms with Gasteiger partial charge in [-0.25, -0.2) is 9.97 Å². The van der Waals surface area contributed by atoms with Crippen LogP contribution in [0.25, 0.3) is 22.3 Å². The molecule has 3 aliphatic rings. The summed E-state index contributed by atoms with van der Waals surface area (Å²) >= 11 is 0. The van der Waals surface area contributed by atoms with Crippen molar-refractivity contribution in [3.05, 3.63) is 55.0 Å². The van der Waals surface area contributed by atoms with E-state index in [1.807, 2.05) is 28.0 Å². The molecular weight excluding hydrogens is 587 g/mol. The molecule has 2 saturated heterocycles. The third kappa shape index (κ3) is 6.66. The number of aliphatic hydroxyl groups excluding tert-OH is 2. The summed E-state index contributed by atoms with van der Waals surface area (Å²) in [6.07, 6.45) is 8.16. The third-order valence-corrected chi connectivity index (χ3v) is 9.16. The van der Waals surface area contributed by atoms with Gasteiger partial charge in [0.15, 0.2) is 0 Å². The maximum absolute atomic E-state index is 14.0. The number of nitrogens with one attached hydrogen (secondary N) is 1. The molecule has 14 heteroatoms. The van der Waals surface area contributed by atoms with Crippen molar-refractivity contribution in [2.24, 2.45) is 4.99 Å². The molecule has 2 aliphatic heterocycles. The molecule has 3 fully saturated rings. The molecule has 5 heterocycles. The van der Waals surface area contributed by atoms with Gasteiger partial charge in [0, 0.05) is 62.1 Å². The quantitative estimate of drug-likeness (QED) is 0.184. The molecule has 0 amide bonds. The number of aromatic amines is 1. The number of β-amino-alcohol motifs (C(OH)–C–C–N with tert-alkyl or cyclic N) is 1. The van der Waals surface area contributed by atoms with Gasteiger partial charge in [-0.2, -0.15) is 23.5 Å². The highest BCUT2D eigenvalue weighted by molar-refractivity contribution is 6.00. The maximum Gasteiger partial charge on any atom is 0.432 e. The minimum absolute atomic E-state index is 0.183. The summed E-state index contributed by atoms with van der Waals surface area (Å²) in [4.78, 5) is 20.1. The number of aliphatic imine (C=N–C) groups is 1. The van der Waals surface area contributed by atoms with Crippen LogP contribution in [0.15, 0.2) is 60.0 Å². The van der Waals surface area contributed by atoms with Gasteiger partial charge in [-0.3, -0.25) is 19.5 Å². The number of aromatic nitrogens is 5. The van der Waals surface area contributed by atoms with E-state index < -0.39 is 29.6 Å². The van der Waals surface area contributed by atoms with Gasteiger partial charge >= 0.3 is 6.18 Å². The van der Waals surface area contributed by atoms with Gasteiger partial charge in [-0.15, -0.1) is 0 Å². The minimum atomic E-state index is -4.63. The predicted octanol–water partition coefficient (Wildman–Crippen LogP) is 4.13. The lowest BCUT2D eigenvalue weighted by atomic mass is 9.81. The number of fused-ring (bicyclic) bond motifs is 1. The van der Waals surface area contributed by atoms with Crippen molar-refractivity contribution >= 4 is 16.7 Å². The van der Waals surface area contributed by atoms with Crippen molar-refractivity contribution in [1.82, 2.24) is 34.5 Å². The van der Waals surface area contributed by atoms with Gasteiger partial charge in [0.2, 0.25) is 0 Å². The standard InChI is InChI=1S/C31H36F3N9O2/c32-31(33,34)27(13-21(7-12-44)15-41-11-6-25(45)17-41)40-23-1-3-24(4-2-23)42-18-30(19-42,8-9-35)43-16-22(14-39-43)28-26-5-10-36-29(26)38-20-37-28/h5,7,10,12-14,16,20,23-25,44-45H,1-4,6,8,11,15,17-19H2,(H,36,37,38)/b12-7+,21-13+,40-27+. The van der Waals surface area contributed by atoms with Crippen LogP contribution in [0.5, 0.6) is 0 Å². The van der Waals surface area contributed by atoms with E-state index in [0.29, 0.717) is 58.3 Å². The molecule has 1 saturated carbocycles. The number of nitriles is 1. The van der Waals surface area contributed by atoms with Gasteiger partial charge in [0.1, 0.15) is 23.2 Å². The number of alkyl halides is 3. The summed E-state index contributed by atoms with van der Waals surface area (Å²) in [6, 6.07) is 3.96. The fourth-order valence-corrected chi connectivity index (χ4v) is 6.83. The Kier molecular flexibility index (Phi) is 8.76. The Hall–Kier alpha value is -4.06. The SMILES string of the molecule is N#CCC1(n2cc(-c3ncnc4[nH]ccc34)cn2)CN(C2CCC(\N=C(/C=C(\C=C\O)CN3CCC(O)C3)C(F)(F)F)CC2)C1. The fraction of sp³-hybridized carbons (Fsp3) is 0.516. The second kappa shape index (κ2) is 12.7. The van der Waals surface area contributed by atoms with E-state index in [0.717, 1.165) is 34.6 Å². The first-order chi connectivity index (χ1) is 21.7. The van der Waals surface area contributed by atoms with Gasteiger partial charge in [-0.05, 0) is 55.9 Å². The second-order valence-electron chi connectivity index (χ2n) is 12.3. The number of allylic oxidation sites excluding steroid dienone is 1. The van der Waals surface area contributed by atoms with Gasteiger partial charge in [0.05, 0.1) is 42.8 Å². The number of H-pyrrole nitrogens is 1. The van der Waals surface area contributed by atoms with Crippen LogP contribution in [0.4, 0.5) is 13.2 Å². The molecule has 3 aromatic heterocycles. The molecule has 1 unspecified atom stereocenters. The van der Waals surface area contributed by atoms with Crippen LogP contribution >= 0.6 is 0 Å². The molecule has 0 aromatic carbocycles. The van der Waals surface area contributed by atoms with E-state index in [4.69, 9.17) is 0 Å². The molecule has 0 spiro atoms. The number of hydrogen-bond acceptors (Lipinski definition) is 9. The molecule has 3 N–H and O–H groups in total. The molecule has 1 aliphatic carbocycles. The molecule has 6 rings (SSSR count). The number of likely N-dealkylation sites (tertiary alicyclic amines) is 2. The van der Waals surface area contributed by atoms with Crippen molar-refractivity contribution in [3.8, 4) is 17.3 Å². The zero-order valence-corrected chi connectivity index (χ0v) is 24.7. The Morgan fingerprint density at radius 2 is 2.00 bits per heavy atom. The highest BCUT2D eigenvalue weighted by atomic mass is 19.4. The summed E-state index contributed by atoms with van der Waals surface area (Å²) in [5.74, 6) is 0. The van der Waals surface area contributed by atoms with Crippen molar-refractivity contribution in [2.45, 2.75) is 68.4 Å². The first-order valence-corrected chi connectivity index (χ1v) is 15.2. The predicted molar refractivity (Wildman–Crippen MR) is 161 cm³/mol. The van der Waals surface area contributed by atoms with Crippen LogP contribution in [-0.4, -0.2) is 108 Å². The van der Waals surface area contributed by atoms with E-state index in [2.05, 4.69) is 36.0 Å². The monoisotopic (exact) mass is 623 g/mol. The van der Waals surface area contributed by atoms with Crippen molar-refractivity contribution < 1.29 is 23.4 Å². The van der Waals surface area contributed by atoms with Crippen LogP contribution in [-0.2, 0) is 5.54 Å². The molecule has 238 valence electrons.